The minimum Gasteiger partial charge on any atom is -0.326 e. The molecule has 0 atom stereocenters. The highest BCUT2D eigenvalue weighted by molar-refractivity contribution is 7.99. The molecule has 2 aromatic rings. The molecule has 0 spiro atoms. The molecule has 0 aromatic carbocycles. The fraction of sp³-hybridized carbons (Fsp3) is 0.455. The van der Waals surface area contributed by atoms with E-state index in [4.69, 9.17) is 10.7 Å². The molecule has 0 aliphatic heterocycles. The summed E-state index contributed by atoms with van der Waals surface area (Å²) in [7, 11) is 1.82. The molecule has 1 aliphatic carbocycles. The van der Waals surface area contributed by atoms with Gasteiger partial charge in [0, 0.05) is 19.3 Å². The Morgan fingerprint density at radius 1 is 1.44 bits per heavy atom. The summed E-state index contributed by atoms with van der Waals surface area (Å²) in [4.78, 5) is 4.71. The third-order valence-electron chi connectivity index (χ3n) is 3.08. The minimum absolute atomic E-state index is 0.494. The van der Waals surface area contributed by atoms with E-state index in [1.165, 1.54) is 29.4 Å². The number of aryl methyl sites for hydroxylation is 3. The summed E-state index contributed by atoms with van der Waals surface area (Å²) in [5, 5.41) is 13.1. The number of hydrogen-bond donors (Lipinski definition) is 1. The first-order valence-corrected chi connectivity index (χ1v) is 6.71. The van der Waals surface area contributed by atoms with Crippen LogP contribution in [0.3, 0.4) is 0 Å². The molecule has 0 amide bonds. The zero-order valence-electron chi connectivity index (χ0n) is 10.1. The van der Waals surface area contributed by atoms with Crippen molar-refractivity contribution in [3.63, 3.8) is 0 Å². The number of pyridine rings is 1. The fourth-order valence-electron chi connectivity index (χ4n) is 2.13. The van der Waals surface area contributed by atoms with Crippen LogP contribution in [0.25, 0.3) is 0 Å². The van der Waals surface area contributed by atoms with Crippen molar-refractivity contribution >= 4 is 11.8 Å². The SMILES string of the molecule is Cn1nnnc1Sc1nc2c(cc1CN)CCC2. The lowest BCUT2D eigenvalue weighted by atomic mass is 10.1. The maximum Gasteiger partial charge on any atom is 0.215 e. The Morgan fingerprint density at radius 3 is 3.06 bits per heavy atom. The monoisotopic (exact) mass is 262 g/mol. The zero-order valence-corrected chi connectivity index (χ0v) is 10.9. The van der Waals surface area contributed by atoms with Crippen LogP contribution in [0.4, 0.5) is 0 Å². The Kier molecular flexibility index (Phi) is 3.00. The van der Waals surface area contributed by atoms with Crippen molar-refractivity contribution in [1.82, 2.24) is 25.2 Å². The Balaban J connectivity index is 1.98. The van der Waals surface area contributed by atoms with Gasteiger partial charge in [-0.1, -0.05) is 6.07 Å². The third-order valence-corrected chi connectivity index (χ3v) is 4.15. The number of rotatable bonds is 3. The Labute approximate surface area is 109 Å². The molecule has 0 fully saturated rings. The number of hydrogen-bond acceptors (Lipinski definition) is 6. The molecule has 2 aromatic heterocycles. The summed E-state index contributed by atoms with van der Waals surface area (Å²) >= 11 is 1.47. The first-order valence-electron chi connectivity index (χ1n) is 5.90. The van der Waals surface area contributed by atoms with E-state index in [-0.39, 0.29) is 0 Å². The standard InChI is InChI=1S/C11H14N6S/c1-17-11(14-15-16-17)18-10-8(6-12)5-7-3-2-4-9(7)13-10/h5H,2-4,6,12H2,1H3. The molecule has 1 aliphatic rings. The van der Waals surface area contributed by atoms with E-state index in [0.29, 0.717) is 6.54 Å². The maximum absolute atomic E-state index is 5.80. The van der Waals surface area contributed by atoms with Crippen LogP contribution < -0.4 is 5.73 Å². The van der Waals surface area contributed by atoms with E-state index in [2.05, 4.69) is 21.6 Å². The molecule has 7 heteroatoms. The van der Waals surface area contributed by atoms with E-state index in [9.17, 15) is 0 Å². The van der Waals surface area contributed by atoms with E-state index >= 15 is 0 Å². The van der Waals surface area contributed by atoms with Gasteiger partial charge in [-0.05, 0) is 52.6 Å². The van der Waals surface area contributed by atoms with E-state index in [1.54, 1.807) is 4.68 Å². The van der Waals surface area contributed by atoms with Crippen LogP contribution in [0.5, 0.6) is 0 Å². The number of nitrogens with zero attached hydrogens (tertiary/aromatic N) is 5. The van der Waals surface area contributed by atoms with Crippen molar-refractivity contribution in [3.05, 3.63) is 22.9 Å². The topological polar surface area (TPSA) is 82.5 Å². The van der Waals surface area contributed by atoms with Gasteiger partial charge in [-0.15, -0.1) is 5.10 Å². The van der Waals surface area contributed by atoms with Crippen molar-refractivity contribution in [2.45, 2.75) is 36.0 Å². The van der Waals surface area contributed by atoms with Gasteiger partial charge in [0.05, 0.1) is 0 Å². The van der Waals surface area contributed by atoms with Gasteiger partial charge in [0.15, 0.2) is 0 Å². The molecule has 2 heterocycles. The largest absolute Gasteiger partial charge is 0.326 e. The summed E-state index contributed by atoms with van der Waals surface area (Å²) in [6.07, 6.45) is 3.36. The van der Waals surface area contributed by atoms with Gasteiger partial charge in [-0.25, -0.2) is 9.67 Å². The predicted octanol–water partition coefficient (Wildman–Crippen LogP) is 0.704. The molecule has 0 unspecified atom stereocenters. The first kappa shape index (κ1) is 11.6. The van der Waals surface area contributed by atoms with Crippen molar-refractivity contribution in [1.29, 1.82) is 0 Å². The van der Waals surface area contributed by atoms with Crippen LogP contribution in [0.2, 0.25) is 0 Å². The highest BCUT2D eigenvalue weighted by Crippen LogP contribution is 2.30. The molecular weight excluding hydrogens is 248 g/mol. The lowest BCUT2D eigenvalue weighted by molar-refractivity contribution is 0.664. The van der Waals surface area contributed by atoms with E-state index < -0.39 is 0 Å². The molecule has 0 saturated heterocycles. The first-order chi connectivity index (χ1) is 8.78. The van der Waals surface area contributed by atoms with Gasteiger partial charge >= 0.3 is 0 Å². The average Bonchev–Trinajstić information content (AvgIpc) is 2.98. The molecule has 2 N–H and O–H groups in total. The third kappa shape index (κ3) is 1.99. The second-order valence-corrected chi connectivity index (χ2v) is 5.26. The smallest absolute Gasteiger partial charge is 0.215 e. The number of fused-ring (bicyclic) bond motifs is 1. The Hall–Kier alpha value is -1.47. The van der Waals surface area contributed by atoms with Gasteiger partial charge in [0.1, 0.15) is 5.03 Å². The Morgan fingerprint density at radius 2 is 2.33 bits per heavy atom. The number of tetrazole rings is 1. The lowest BCUT2D eigenvalue weighted by Gasteiger charge is -2.08. The Bertz CT molecular complexity index is 579. The van der Waals surface area contributed by atoms with Gasteiger partial charge in [0.25, 0.3) is 0 Å². The van der Waals surface area contributed by atoms with E-state index in [1.807, 2.05) is 7.05 Å². The molecule has 94 valence electrons. The average molecular weight is 262 g/mol. The highest BCUT2D eigenvalue weighted by atomic mass is 32.2. The van der Waals surface area contributed by atoms with Gasteiger partial charge in [-0.3, -0.25) is 0 Å². The summed E-state index contributed by atoms with van der Waals surface area (Å²) in [6, 6.07) is 2.18. The van der Waals surface area contributed by atoms with Gasteiger partial charge < -0.3 is 5.73 Å². The second-order valence-electron chi connectivity index (χ2n) is 4.30. The zero-order chi connectivity index (χ0) is 12.5. The fourth-order valence-corrected chi connectivity index (χ4v) is 2.98. The van der Waals surface area contributed by atoms with Crippen molar-refractivity contribution in [2.75, 3.05) is 0 Å². The maximum atomic E-state index is 5.80. The molecule has 0 saturated carbocycles. The minimum atomic E-state index is 0.494. The summed E-state index contributed by atoms with van der Waals surface area (Å²) in [5.41, 5.74) is 9.42. The molecule has 0 bridgehead atoms. The molecule has 18 heavy (non-hydrogen) atoms. The summed E-state index contributed by atoms with van der Waals surface area (Å²) in [5.74, 6) is 0. The lowest BCUT2D eigenvalue weighted by Crippen LogP contribution is -2.04. The van der Waals surface area contributed by atoms with Crippen LogP contribution in [0.15, 0.2) is 16.2 Å². The molecule has 3 rings (SSSR count). The number of aromatic nitrogens is 5. The van der Waals surface area contributed by atoms with E-state index in [0.717, 1.165) is 28.6 Å². The second kappa shape index (κ2) is 4.66. The van der Waals surface area contributed by atoms with Crippen molar-refractivity contribution < 1.29 is 0 Å². The number of nitrogens with two attached hydrogens (primary N) is 1. The highest BCUT2D eigenvalue weighted by Gasteiger charge is 2.17. The molecule has 6 nitrogen and oxygen atoms in total. The van der Waals surface area contributed by atoms with Crippen molar-refractivity contribution in [2.24, 2.45) is 12.8 Å². The van der Waals surface area contributed by atoms with Crippen LogP contribution >= 0.6 is 11.8 Å². The van der Waals surface area contributed by atoms with Crippen molar-refractivity contribution in [3.8, 4) is 0 Å². The van der Waals surface area contributed by atoms with Crippen LogP contribution in [0, 0.1) is 0 Å². The van der Waals surface area contributed by atoms with Crippen LogP contribution in [0.1, 0.15) is 23.2 Å². The van der Waals surface area contributed by atoms with Gasteiger partial charge in [0.2, 0.25) is 5.16 Å². The molecular formula is C11H14N6S. The quantitative estimate of drug-likeness (QED) is 0.877. The normalized spacial score (nSPS) is 13.9. The molecule has 0 radical (unpaired) electrons. The summed E-state index contributed by atoms with van der Waals surface area (Å²) < 4.78 is 1.64. The van der Waals surface area contributed by atoms with Crippen LogP contribution in [-0.4, -0.2) is 25.2 Å². The van der Waals surface area contributed by atoms with Crippen LogP contribution in [-0.2, 0) is 26.4 Å². The van der Waals surface area contributed by atoms with Gasteiger partial charge in [-0.2, -0.15) is 0 Å². The predicted molar refractivity (Wildman–Crippen MR) is 67.1 cm³/mol. The summed E-state index contributed by atoms with van der Waals surface area (Å²) in [6.45, 7) is 0.494.